The highest BCUT2D eigenvalue weighted by Gasteiger charge is 2.21. The molecule has 5 nitrogen and oxygen atoms in total. The Morgan fingerprint density at radius 1 is 1.62 bits per heavy atom. The quantitative estimate of drug-likeness (QED) is 0.936. The summed E-state index contributed by atoms with van der Waals surface area (Å²) in [6, 6.07) is 0.0237. The third kappa shape index (κ3) is 2.02. The van der Waals surface area contributed by atoms with E-state index < -0.39 is 0 Å². The number of hydrogen-bond acceptors (Lipinski definition) is 5. The monoisotopic (exact) mass is 301 g/mol. The minimum absolute atomic E-state index is 0.0237. The van der Waals surface area contributed by atoms with Crippen LogP contribution < -0.4 is 5.32 Å². The third-order valence-electron chi connectivity index (χ3n) is 2.37. The minimum atomic E-state index is 0.0237. The zero-order chi connectivity index (χ0) is 11.5. The summed E-state index contributed by atoms with van der Waals surface area (Å²) in [5.74, 6) is 0. The van der Waals surface area contributed by atoms with E-state index in [-0.39, 0.29) is 6.04 Å². The predicted octanol–water partition coefficient (Wildman–Crippen LogP) is 1.83. The van der Waals surface area contributed by atoms with Gasteiger partial charge in [0.1, 0.15) is 0 Å². The number of rotatable bonds is 4. The summed E-state index contributed by atoms with van der Waals surface area (Å²) in [4.78, 5) is 0. The molecule has 0 spiro atoms. The number of nitrogens with one attached hydrogen (secondary N) is 1. The maximum absolute atomic E-state index is 4.30. The predicted molar refractivity (Wildman–Crippen MR) is 66.4 cm³/mol. The molecule has 0 bridgehead atoms. The summed E-state index contributed by atoms with van der Waals surface area (Å²) >= 11 is 4.87. The number of halogens is 1. The molecule has 0 saturated carbocycles. The average molecular weight is 302 g/mol. The Bertz CT molecular complexity index is 452. The normalized spacial score (nSPS) is 12.9. The lowest BCUT2D eigenvalue weighted by Crippen LogP contribution is -2.22. The molecule has 0 aliphatic heterocycles. The Kier molecular flexibility index (Phi) is 3.67. The highest BCUT2D eigenvalue weighted by Crippen LogP contribution is 2.27. The van der Waals surface area contributed by atoms with Gasteiger partial charge >= 0.3 is 0 Å². The molecule has 0 saturated heterocycles. The Morgan fingerprint density at radius 2 is 2.44 bits per heavy atom. The number of aromatic nitrogens is 4. The summed E-state index contributed by atoms with van der Waals surface area (Å²) in [6.45, 7) is 2.89. The highest BCUT2D eigenvalue weighted by molar-refractivity contribution is 9.10. The SMILES string of the molecule is CCn1ncc(Br)c1C(NC)c1csnn1. The van der Waals surface area contributed by atoms with Gasteiger partial charge in [-0.05, 0) is 41.4 Å². The molecular formula is C9H12BrN5S. The smallest absolute Gasteiger partial charge is 0.0986 e. The van der Waals surface area contributed by atoms with Crippen LogP contribution in [0.2, 0.25) is 0 Å². The van der Waals surface area contributed by atoms with Crippen molar-refractivity contribution < 1.29 is 0 Å². The Morgan fingerprint density at radius 3 is 3.00 bits per heavy atom. The van der Waals surface area contributed by atoms with Crippen LogP contribution in [0.5, 0.6) is 0 Å². The highest BCUT2D eigenvalue weighted by atomic mass is 79.9. The van der Waals surface area contributed by atoms with Crippen molar-refractivity contribution in [2.45, 2.75) is 19.5 Å². The summed E-state index contributed by atoms with van der Waals surface area (Å²) in [5.41, 5.74) is 2.00. The second-order valence-corrected chi connectivity index (χ2v) is 4.71. The fourth-order valence-corrected chi connectivity index (χ4v) is 2.64. The van der Waals surface area contributed by atoms with Gasteiger partial charge in [-0.15, -0.1) is 5.10 Å². The maximum atomic E-state index is 4.30. The van der Waals surface area contributed by atoms with Crippen molar-refractivity contribution in [3.63, 3.8) is 0 Å². The molecule has 2 aromatic rings. The van der Waals surface area contributed by atoms with Crippen LogP contribution in [0.4, 0.5) is 0 Å². The first-order chi connectivity index (χ1) is 7.77. The van der Waals surface area contributed by atoms with Crippen molar-refractivity contribution in [2.75, 3.05) is 7.05 Å². The lowest BCUT2D eigenvalue weighted by Gasteiger charge is -2.15. The molecule has 0 aromatic carbocycles. The first kappa shape index (κ1) is 11.7. The maximum Gasteiger partial charge on any atom is 0.0986 e. The molecule has 7 heteroatoms. The largest absolute Gasteiger partial charge is 0.307 e. The van der Waals surface area contributed by atoms with Gasteiger partial charge in [0.15, 0.2) is 0 Å². The molecule has 1 unspecified atom stereocenters. The Balaban J connectivity index is 2.44. The van der Waals surface area contributed by atoms with Crippen molar-refractivity contribution in [2.24, 2.45) is 0 Å². The zero-order valence-corrected chi connectivity index (χ0v) is 11.4. The van der Waals surface area contributed by atoms with Gasteiger partial charge in [0.05, 0.1) is 28.1 Å². The average Bonchev–Trinajstić information content (AvgIpc) is 2.91. The first-order valence-corrected chi connectivity index (χ1v) is 6.56. The number of aryl methyl sites for hydroxylation is 1. The minimum Gasteiger partial charge on any atom is -0.307 e. The molecule has 0 aliphatic carbocycles. The molecule has 0 radical (unpaired) electrons. The van der Waals surface area contributed by atoms with Crippen LogP contribution in [0.3, 0.4) is 0 Å². The molecule has 0 aliphatic rings. The fraction of sp³-hybridized carbons (Fsp3) is 0.444. The van der Waals surface area contributed by atoms with Gasteiger partial charge in [-0.25, -0.2) is 0 Å². The van der Waals surface area contributed by atoms with E-state index in [0.717, 1.165) is 22.4 Å². The van der Waals surface area contributed by atoms with E-state index in [0.29, 0.717) is 0 Å². The van der Waals surface area contributed by atoms with E-state index in [4.69, 9.17) is 0 Å². The summed E-state index contributed by atoms with van der Waals surface area (Å²) in [7, 11) is 1.91. The van der Waals surface area contributed by atoms with Gasteiger partial charge in [-0.2, -0.15) is 5.10 Å². The lowest BCUT2D eigenvalue weighted by atomic mass is 10.1. The van der Waals surface area contributed by atoms with Gasteiger partial charge in [0, 0.05) is 11.9 Å². The molecule has 2 heterocycles. The van der Waals surface area contributed by atoms with E-state index in [1.807, 2.05) is 23.3 Å². The van der Waals surface area contributed by atoms with E-state index in [1.54, 1.807) is 0 Å². The van der Waals surface area contributed by atoms with Gasteiger partial charge in [-0.1, -0.05) is 4.49 Å². The van der Waals surface area contributed by atoms with Crippen molar-refractivity contribution >= 4 is 27.5 Å². The van der Waals surface area contributed by atoms with Crippen molar-refractivity contribution in [1.82, 2.24) is 24.7 Å². The standard InChI is InChI=1S/C9H12BrN5S/c1-3-15-9(6(10)4-12-15)8(11-2)7-5-16-14-13-7/h4-5,8,11H,3H2,1-2H3. The summed E-state index contributed by atoms with van der Waals surface area (Å²) in [6.07, 6.45) is 1.81. The molecule has 2 aromatic heterocycles. The molecule has 16 heavy (non-hydrogen) atoms. The molecule has 2 rings (SSSR count). The van der Waals surface area contributed by atoms with Crippen LogP contribution in [-0.4, -0.2) is 26.4 Å². The van der Waals surface area contributed by atoms with Crippen LogP contribution in [0, 0.1) is 0 Å². The van der Waals surface area contributed by atoms with E-state index in [1.165, 1.54) is 11.5 Å². The van der Waals surface area contributed by atoms with Crippen LogP contribution in [0.15, 0.2) is 16.0 Å². The number of hydrogen-bond donors (Lipinski definition) is 1. The van der Waals surface area contributed by atoms with Crippen molar-refractivity contribution in [1.29, 1.82) is 0 Å². The molecule has 86 valence electrons. The Labute approximate surface area is 106 Å². The van der Waals surface area contributed by atoms with Crippen molar-refractivity contribution in [3.05, 3.63) is 27.4 Å². The van der Waals surface area contributed by atoms with Crippen molar-refractivity contribution in [3.8, 4) is 0 Å². The molecule has 1 N–H and O–H groups in total. The topological polar surface area (TPSA) is 55.6 Å². The molecule has 1 atom stereocenters. The van der Waals surface area contributed by atoms with E-state index >= 15 is 0 Å². The van der Waals surface area contributed by atoms with Crippen LogP contribution in [0.1, 0.15) is 24.4 Å². The second-order valence-electron chi connectivity index (χ2n) is 3.24. The van der Waals surface area contributed by atoms with E-state index in [9.17, 15) is 0 Å². The second kappa shape index (κ2) is 5.03. The third-order valence-corrected chi connectivity index (χ3v) is 3.50. The molecular weight excluding hydrogens is 290 g/mol. The first-order valence-electron chi connectivity index (χ1n) is 4.93. The summed E-state index contributed by atoms with van der Waals surface area (Å²) < 4.78 is 6.83. The fourth-order valence-electron chi connectivity index (χ4n) is 1.63. The zero-order valence-electron chi connectivity index (χ0n) is 9.01. The van der Waals surface area contributed by atoms with Gasteiger partial charge in [0.25, 0.3) is 0 Å². The molecule has 0 fully saturated rings. The Hall–Kier alpha value is -0.790. The van der Waals surface area contributed by atoms with Crippen LogP contribution >= 0.6 is 27.5 Å². The number of nitrogens with zero attached hydrogens (tertiary/aromatic N) is 4. The summed E-state index contributed by atoms with van der Waals surface area (Å²) in [5, 5.41) is 13.6. The van der Waals surface area contributed by atoms with Gasteiger partial charge in [0.2, 0.25) is 0 Å². The van der Waals surface area contributed by atoms with Gasteiger partial charge in [-0.3, -0.25) is 4.68 Å². The van der Waals surface area contributed by atoms with Crippen LogP contribution in [-0.2, 0) is 6.54 Å². The molecule has 0 amide bonds. The van der Waals surface area contributed by atoms with Crippen LogP contribution in [0.25, 0.3) is 0 Å². The van der Waals surface area contributed by atoms with Gasteiger partial charge < -0.3 is 5.32 Å². The van der Waals surface area contributed by atoms with E-state index in [2.05, 4.69) is 42.9 Å². The lowest BCUT2D eigenvalue weighted by molar-refractivity contribution is 0.553.